The Kier molecular flexibility index (Phi) is 2.00. The van der Waals surface area contributed by atoms with Crippen molar-refractivity contribution in [3.8, 4) is 0 Å². The molecule has 1 atom stereocenters. The zero-order valence-corrected chi connectivity index (χ0v) is 8.65. The first-order valence-corrected chi connectivity index (χ1v) is 5.51. The average Bonchev–Trinajstić information content (AvgIpc) is 2.02. The maximum Gasteiger partial charge on any atom is 0.125 e. The van der Waals surface area contributed by atoms with E-state index in [4.69, 9.17) is 0 Å². The lowest BCUT2D eigenvalue weighted by Crippen LogP contribution is -2.45. The van der Waals surface area contributed by atoms with Gasteiger partial charge in [0.2, 0.25) is 0 Å². The van der Waals surface area contributed by atoms with E-state index in [1.54, 1.807) is 0 Å². The molecule has 0 bridgehead atoms. The van der Waals surface area contributed by atoms with Gasteiger partial charge in [-0.1, -0.05) is 18.2 Å². The van der Waals surface area contributed by atoms with Gasteiger partial charge >= 0.3 is 0 Å². The Morgan fingerprint density at radius 3 is 2.85 bits per heavy atom. The molecule has 2 nitrogen and oxygen atoms in total. The molecule has 0 saturated carbocycles. The van der Waals surface area contributed by atoms with Crippen LogP contribution in [0.4, 0.5) is 0 Å². The van der Waals surface area contributed by atoms with Crippen molar-refractivity contribution in [1.82, 2.24) is 4.72 Å². The maximum absolute atomic E-state index is 11.7. The van der Waals surface area contributed by atoms with Gasteiger partial charge in [-0.2, -0.15) is 0 Å². The predicted molar refractivity (Wildman–Crippen MR) is 53.8 cm³/mol. The van der Waals surface area contributed by atoms with E-state index in [1.165, 1.54) is 5.56 Å². The molecule has 0 radical (unpaired) electrons. The standard InChI is InChI=1S/C10H13NOS/c1-10(2)7-8-5-3-4-6-9(8)13(12)11-10/h3-6,11H,7H2,1-2H3. The number of fused-ring (bicyclic) bond motifs is 1. The van der Waals surface area contributed by atoms with Crippen LogP contribution < -0.4 is 4.72 Å². The Morgan fingerprint density at radius 1 is 1.38 bits per heavy atom. The van der Waals surface area contributed by atoms with Crippen molar-refractivity contribution in [2.24, 2.45) is 0 Å². The fourth-order valence-electron chi connectivity index (χ4n) is 1.65. The monoisotopic (exact) mass is 195 g/mol. The minimum atomic E-state index is -1.03. The summed E-state index contributed by atoms with van der Waals surface area (Å²) in [5.41, 5.74) is 1.14. The number of rotatable bonds is 0. The van der Waals surface area contributed by atoms with Crippen molar-refractivity contribution >= 4 is 11.0 Å². The highest BCUT2D eigenvalue weighted by Gasteiger charge is 2.28. The van der Waals surface area contributed by atoms with Crippen LogP contribution in [0.2, 0.25) is 0 Å². The topological polar surface area (TPSA) is 29.1 Å². The van der Waals surface area contributed by atoms with Gasteiger partial charge in [0, 0.05) is 5.54 Å². The molecular formula is C10H13NOS. The third-order valence-electron chi connectivity index (χ3n) is 2.17. The summed E-state index contributed by atoms with van der Waals surface area (Å²) in [4.78, 5) is 0.932. The molecule has 1 aromatic rings. The van der Waals surface area contributed by atoms with E-state index in [9.17, 15) is 4.21 Å². The van der Waals surface area contributed by atoms with E-state index in [0.717, 1.165) is 11.3 Å². The molecule has 2 rings (SSSR count). The Hall–Kier alpha value is -0.670. The van der Waals surface area contributed by atoms with Crippen LogP contribution in [-0.4, -0.2) is 9.75 Å². The van der Waals surface area contributed by atoms with Crippen LogP contribution in [0.25, 0.3) is 0 Å². The number of nitrogens with one attached hydrogen (secondary N) is 1. The van der Waals surface area contributed by atoms with E-state index in [0.29, 0.717) is 0 Å². The lowest BCUT2D eigenvalue weighted by Gasteiger charge is -2.31. The third-order valence-corrected chi connectivity index (χ3v) is 3.71. The summed E-state index contributed by atoms with van der Waals surface area (Å²) < 4.78 is 14.8. The summed E-state index contributed by atoms with van der Waals surface area (Å²) in [7, 11) is -1.03. The minimum absolute atomic E-state index is 0.0563. The Bertz CT molecular complexity index is 360. The van der Waals surface area contributed by atoms with E-state index in [2.05, 4.69) is 24.6 Å². The van der Waals surface area contributed by atoms with Crippen LogP contribution >= 0.6 is 0 Å². The van der Waals surface area contributed by atoms with E-state index in [1.807, 2.05) is 18.2 Å². The number of hydrogen-bond acceptors (Lipinski definition) is 1. The highest BCUT2D eigenvalue weighted by atomic mass is 32.2. The van der Waals surface area contributed by atoms with Gasteiger partial charge in [0.1, 0.15) is 11.0 Å². The maximum atomic E-state index is 11.7. The largest absolute Gasteiger partial charge is 0.237 e. The summed E-state index contributed by atoms with van der Waals surface area (Å²) >= 11 is 0. The molecule has 1 aromatic carbocycles. The van der Waals surface area contributed by atoms with Gasteiger partial charge in [-0.15, -0.1) is 0 Å². The summed E-state index contributed by atoms with van der Waals surface area (Å²) in [5, 5.41) is 0. The zero-order chi connectivity index (χ0) is 9.47. The summed E-state index contributed by atoms with van der Waals surface area (Å²) in [6, 6.07) is 7.90. The van der Waals surface area contributed by atoms with Crippen molar-refractivity contribution in [1.29, 1.82) is 0 Å². The van der Waals surface area contributed by atoms with Crippen LogP contribution in [-0.2, 0) is 17.4 Å². The van der Waals surface area contributed by atoms with Crippen LogP contribution in [0.1, 0.15) is 19.4 Å². The predicted octanol–water partition coefficient (Wildman–Crippen LogP) is 1.63. The van der Waals surface area contributed by atoms with Gasteiger partial charge in [0.25, 0.3) is 0 Å². The zero-order valence-electron chi connectivity index (χ0n) is 7.83. The lowest BCUT2D eigenvalue weighted by atomic mass is 9.96. The molecule has 0 spiro atoms. The van der Waals surface area contributed by atoms with Gasteiger partial charge in [0.05, 0.1) is 4.90 Å². The molecule has 0 amide bonds. The molecule has 70 valence electrons. The molecule has 1 aliphatic rings. The quantitative estimate of drug-likeness (QED) is 0.670. The van der Waals surface area contributed by atoms with Gasteiger partial charge in [-0.3, -0.25) is 0 Å². The molecule has 1 aliphatic heterocycles. The van der Waals surface area contributed by atoms with E-state index < -0.39 is 11.0 Å². The van der Waals surface area contributed by atoms with E-state index >= 15 is 0 Å². The minimum Gasteiger partial charge on any atom is -0.237 e. The second-order valence-corrected chi connectivity index (χ2v) is 5.22. The molecule has 0 aliphatic carbocycles. The van der Waals surface area contributed by atoms with Gasteiger partial charge in [-0.25, -0.2) is 8.93 Å². The average molecular weight is 195 g/mol. The van der Waals surface area contributed by atoms with Gasteiger partial charge in [0.15, 0.2) is 0 Å². The smallest absolute Gasteiger partial charge is 0.125 e. The Morgan fingerprint density at radius 2 is 2.08 bits per heavy atom. The fourth-order valence-corrected chi connectivity index (χ4v) is 2.91. The second-order valence-electron chi connectivity index (χ2n) is 4.04. The SMILES string of the molecule is CC1(C)Cc2ccccc2S(=O)N1. The van der Waals surface area contributed by atoms with Crippen LogP contribution in [0.5, 0.6) is 0 Å². The highest BCUT2D eigenvalue weighted by Crippen LogP contribution is 2.24. The molecular weight excluding hydrogens is 182 g/mol. The lowest BCUT2D eigenvalue weighted by molar-refractivity contribution is 0.453. The molecule has 3 heteroatoms. The summed E-state index contributed by atoms with van der Waals surface area (Å²) in [6.45, 7) is 4.14. The third kappa shape index (κ3) is 1.67. The summed E-state index contributed by atoms with van der Waals surface area (Å²) in [6.07, 6.45) is 0.939. The Balaban J connectivity index is 2.49. The van der Waals surface area contributed by atoms with Gasteiger partial charge < -0.3 is 0 Å². The summed E-state index contributed by atoms with van der Waals surface area (Å²) in [5.74, 6) is 0. The van der Waals surface area contributed by atoms with Crippen molar-refractivity contribution in [2.75, 3.05) is 0 Å². The molecule has 13 heavy (non-hydrogen) atoms. The van der Waals surface area contributed by atoms with Gasteiger partial charge in [-0.05, 0) is 31.9 Å². The van der Waals surface area contributed by atoms with Crippen molar-refractivity contribution in [3.05, 3.63) is 29.8 Å². The first-order chi connectivity index (χ1) is 6.08. The van der Waals surface area contributed by atoms with Crippen LogP contribution in [0, 0.1) is 0 Å². The van der Waals surface area contributed by atoms with Crippen molar-refractivity contribution in [3.63, 3.8) is 0 Å². The molecule has 0 fully saturated rings. The van der Waals surface area contributed by atoms with Crippen LogP contribution in [0.3, 0.4) is 0 Å². The first kappa shape index (κ1) is 8.91. The molecule has 0 saturated heterocycles. The van der Waals surface area contributed by atoms with Crippen molar-refractivity contribution < 1.29 is 4.21 Å². The van der Waals surface area contributed by atoms with Crippen molar-refractivity contribution in [2.45, 2.75) is 30.7 Å². The molecule has 1 heterocycles. The molecule has 0 aromatic heterocycles. The number of benzene rings is 1. The normalized spacial score (nSPS) is 25.2. The second kappa shape index (κ2) is 2.93. The van der Waals surface area contributed by atoms with Crippen LogP contribution in [0.15, 0.2) is 29.2 Å². The highest BCUT2D eigenvalue weighted by molar-refractivity contribution is 7.83. The molecule has 1 N–H and O–H groups in total. The number of hydrogen-bond donors (Lipinski definition) is 1. The van der Waals surface area contributed by atoms with E-state index in [-0.39, 0.29) is 5.54 Å². The molecule has 1 unspecified atom stereocenters. The fraction of sp³-hybridized carbons (Fsp3) is 0.400. The Labute approximate surface area is 80.9 Å². The first-order valence-electron chi connectivity index (χ1n) is 4.36.